The quantitative estimate of drug-likeness (QED) is 0.324. The van der Waals surface area contributed by atoms with Crippen molar-refractivity contribution in [3.8, 4) is 5.88 Å². The zero-order chi connectivity index (χ0) is 22.6. The molecule has 1 amide bonds. The van der Waals surface area contributed by atoms with E-state index < -0.39 is 5.54 Å². The van der Waals surface area contributed by atoms with Crippen molar-refractivity contribution < 1.29 is 18.8 Å². The highest BCUT2D eigenvalue weighted by Gasteiger charge is 2.35. The normalized spacial score (nSPS) is 24.4. The highest BCUT2D eigenvalue weighted by molar-refractivity contribution is 8.00. The summed E-state index contributed by atoms with van der Waals surface area (Å²) in [6, 6.07) is 0.0862. The monoisotopic (exact) mass is 449 g/mol. The van der Waals surface area contributed by atoms with Crippen LogP contribution >= 0.6 is 11.8 Å². The Kier molecular flexibility index (Phi) is 7.87. The van der Waals surface area contributed by atoms with Gasteiger partial charge < -0.3 is 14.6 Å². The number of carbonyl (C=O) groups is 1. The van der Waals surface area contributed by atoms with Crippen LogP contribution in [0.4, 0.5) is 0 Å². The average Bonchev–Trinajstić information content (AvgIpc) is 3.08. The van der Waals surface area contributed by atoms with Crippen molar-refractivity contribution >= 4 is 23.7 Å². The minimum atomic E-state index is -0.740. The van der Waals surface area contributed by atoms with Crippen molar-refractivity contribution in [2.45, 2.75) is 94.9 Å². The molecule has 0 radical (unpaired) electrons. The second-order valence-electron chi connectivity index (χ2n) is 10.0. The molecule has 1 N–H and O–H groups in total. The number of isocyanates is 1. The first-order valence-corrected chi connectivity index (χ1v) is 12.3. The maximum atomic E-state index is 13.1. The molecule has 0 aromatic carbocycles. The molecule has 7 nitrogen and oxygen atoms in total. The molecule has 3 atom stereocenters. The number of ether oxygens (including phenoxy) is 1. The molecule has 0 aliphatic heterocycles. The van der Waals surface area contributed by atoms with Crippen molar-refractivity contribution in [2.75, 3.05) is 6.61 Å². The van der Waals surface area contributed by atoms with E-state index in [1.54, 1.807) is 19.9 Å². The SMILES string of the molecule is CC(C)Sc1c(OCC(C)(C)N=C=O)noc1C(=O)NC(C)C1CC2CCCC(C2)C1. The van der Waals surface area contributed by atoms with Crippen LogP contribution in [0.25, 0.3) is 0 Å². The van der Waals surface area contributed by atoms with E-state index in [1.165, 1.54) is 50.3 Å². The number of nitrogens with one attached hydrogen (secondary N) is 1. The molecule has 0 saturated heterocycles. The summed E-state index contributed by atoms with van der Waals surface area (Å²) in [7, 11) is 0. The fourth-order valence-electron chi connectivity index (χ4n) is 4.83. The molecule has 3 rings (SSSR count). The van der Waals surface area contributed by atoms with Gasteiger partial charge in [-0.2, -0.15) is 4.99 Å². The Morgan fingerprint density at radius 1 is 1.29 bits per heavy atom. The molecule has 8 heteroatoms. The van der Waals surface area contributed by atoms with E-state index in [9.17, 15) is 9.59 Å². The molecule has 2 bridgehead atoms. The third-order valence-electron chi connectivity index (χ3n) is 6.32. The first-order chi connectivity index (χ1) is 14.7. The van der Waals surface area contributed by atoms with Gasteiger partial charge in [-0.1, -0.05) is 33.1 Å². The fourth-order valence-corrected chi connectivity index (χ4v) is 5.73. The Hall–Kier alpha value is -1.79. The Labute approximate surface area is 189 Å². The molecule has 31 heavy (non-hydrogen) atoms. The Bertz CT molecular complexity index is 804. The summed E-state index contributed by atoms with van der Waals surface area (Å²) in [6.45, 7) is 9.83. The van der Waals surface area contributed by atoms with Gasteiger partial charge in [0.05, 0.1) is 0 Å². The number of hydrogen-bond donors (Lipinski definition) is 1. The van der Waals surface area contributed by atoms with Gasteiger partial charge in [-0.05, 0) is 62.9 Å². The molecule has 172 valence electrons. The second kappa shape index (κ2) is 10.2. The van der Waals surface area contributed by atoms with Crippen LogP contribution in [-0.4, -0.2) is 40.6 Å². The lowest BCUT2D eigenvalue weighted by Crippen LogP contribution is -2.42. The van der Waals surface area contributed by atoms with Crippen LogP contribution in [0.1, 0.15) is 83.7 Å². The van der Waals surface area contributed by atoms with Gasteiger partial charge in [0.15, 0.2) is 0 Å². The molecular weight excluding hydrogens is 414 g/mol. The van der Waals surface area contributed by atoms with Crippen LogP contribution in [0.5, 0.6) is 5.88 Å². The maximum Gasteiger partial charge on any atom is 0.291 e. The van der Waals surface area contributed by atoms with Crippen molar-refractivity contribution in [1.29, 1.82) is 0 Å². The van der Waals surface area contributed by atoms with Gasteiger partial charge in [-0.3, -0.25) is 4.79 Å². The molecule has 2 fully saturated rings. The zero-order valence-corrected chi connectivity index (χ0v) is 20.1. The summed E-state index contributed by atoms with van der Waals surface area (Å²) in [5.74, 6) is 2.33. The highest BCUT2D eigenvalue weighted by Crippen LogP contribution is 2.43. The number of aromatic nitrogens is 1. The fraction of sp³-hybridized carbons (Fsp3) is 0.783. The lowest BCUT2D eigenvalue weighted by Gasteiger charge is -2.41. The third-order valence-corrected chi connectivity index (χ3v) is 7.39. The largest absolute Gasteiger partial charge is 0.472 e. The van der Waals surface area contributed by atoms with Crippen LogP contribution in [0.2, 0.25) is 0 Å². The van der Waals surface area contributed by atoms with Crippen LogP contribution < -0.4 is 10.1 Å². The van der Waals surface area contributed by atoms with Gasteiger partial charge >= 0.3 is 0 Å². The van der Waals surface area contributed by atoms with Crippen molar-refractivity contribution in [3.63, 3.8) is 0 Å². The predicted molar refractivity (Wildman–Crippen MR) is 120 cm³/mol. The highest BCUT2D eigenvalue weighted by atomic mass is 32.2. The van der Waals surface area contributed by atoms with Crippen LogP contribution in [0.3, 0.4) is 0 Å². The van der Waals surface area contributed by atoms with Gasteiger partial charge in [0, 0.05) is 11.3 Å². The number of carbonyl (C=O) groups excluding carboxylic acids is 2. The number of amides is 1. The van der Waals surface area contributed by atoms with E-state index in [1.807, 2.05) is 13.8 Å². The van der Waals surface area contributed by atoms with Gasteiger partial charge in [-0.25, -0.2) is 4.79 Å². The maximum absolute atomic E-state index is 13.1. The summed E-state index contributed by atoms with van der Waals surface area (Å²) < 4.78 is 11.2. The zero-order valence-electron chi connectivity index (χ0n) is 19.3. The van der Waals surface area contributed by atoms with E-state index in [-0.39, 0.29) is 35.4 Å². The molecule has 0 spiro atoms. The standard InChI is InChI=1S/C23H35N3O4S/c1-14(2)31-20-19(30-26-22(20)29-12-23(4,5)24-13-27)21(28)25-15(3)18-10-16-7-6-8-17(9-16)11-18/h14-18H,6-12H2,1-5H3,(H,25,28). The number of aliphatic imine (C=N–C) groups is 1. The van der Waals surface area contributed by atoms with E-state index in [0.29, 0.717) is 10.8 Å². The predicted octanol–water partition coefficient (Wildman–Crippen LogP) is 5.00. The number of nitrogens with zero attached hydrogens (tertiary/aromatic N) is 2. The summed E-state index contributed by atoms with van der Waals surface area (Å²) in [6.07, 6.45) is 9.33. The number of thioether (sulfide) groups is 1. The van der Waals surface area contributed by atoms with Crippen molar-refractivity contribution in [3.05, 3.63) is 5.76 Å². The molecule has 1 aromatic rings. The minimum absolute atomic E-state index is 0.0862. The van der Waals surface area contributed by atoms with E-state index in [2.05, 4.69) is 22.4 Å². The minimum Gasteiger partial charge on any atom is -0.472 e. The number of fused-ring (bicyclic) bond motifs is 2. The van der Waals surface area contributed by atoms with Crippen LogP contribution in [-0.2, 0) is 4.79 Å². The third kappa shape index (κ3) is 6.36. The van der Waals surface area contributed by atoms with Gasteiger partial charge in [0.25, 0.3) is 11.8 Å². The van der Waals surface area contributed by atoms with Crippen LogP contribution in [0.15, 0.2) is 14.4 Å². The lowest BCUT2D eigenvalue weighted by atomic mass is 9.66. The second-order valence-corrected chi connectivity index (χ2v) is 11.6. The molecule has 2 aliphatic carbocycles. The molecule has 1 aromatic heterocycles. The van der Waals surface area contributed by atoms with Gasteiger partial charge in [0.2, 0.25) is 11.8 Å². The first kappa shape index (κ1) is 23.9. The first-order valence-electron chi connectivity index (χ1n) is 11.4. The number of rotatable bonds is 9. The van der Waals surface area contributed by atoms with Crippen molar-refractivity contribution in [1.82, 2.24) is 10.5 Å². The molecular formula is C23H35N3O4S. The van der Waals surface area contributed by atoms with Crippen LogP contribution in [0, 0.1) is 17.8 Å². The summed E-state index contributed by atoms with van der Waals surface area (Å²) in [5, 5.41) is 7.38. The summed E-state index contributed by atoms with van der Waals surface area (Å²) in [4.78, 5) is 28.0. The Morgan fingerprint density at radius 3 is 2.58 bits per heavy atom. The van der Waals surface area contributed by atoms with E-state index >= 15 is 0 Å². The summed E-state index contributed by atoms with van der Waals surface area (Å²) in [5.41, 5.74) is -0.740. The lowest BCUT2D eigenvalue weighted by molar-refractivity contribution is 0.0818. The smallest absolute Gasteiger partial charge is 0.291 e. The Balaban J connectivity index is 1.69. The topological polar surface area (TPSA) is 93.8 Å². The van der Waals surface area contributed by atoms with E-state index in [0.717, 1.165) is 11.8 Å². The molecule has 2 saturated carbocycles. The molecule has 3 unspecified atom stereocenters. The summed E-state index contributed by atoms with van der Waals surface area (Å²) >= 11 is 1.48. The van der Waals surface area contributed by atoms with E-state index in [4.69, 9.17) is 9.26 Å². The van der Waals surface area contributed by atoms with Crippen molar-refractivity contribution in [2.24, 2.45) is 22.7 Å². The molecule has 2 aliphatic rings. The number of hydrogen-bond acceptors (Lipinski definition) is 7. The molecule has 1 heterocycles. The Morgan fingerprint density at radius 2 is 1.97 bits per heavy atom. The van der Waals surface area contributed by atoms with Gasteiger partial charge in [0.1, 0.15) is 17.0 Å². The van der Waals surface area contributed by atoms with Gasteiger partial charge in [-0.15, -0.1) is 11.8 Å². The average molecular weight is 450 g/mol.